The molecule has 0 saturated heterocycles. The van der Waals surface area contributed by atoms with Gasteiger partial charge in [-0.15, -0.1) is 32.9 Å². The molecule has 0 aliphatic carbocycles. The summed E-state index contributed by atoms with van der Waals surface area (Å²) in [4.78, 5) is 11.0. The Labute approximate surface area is 133 Å². The van der Waals surface area contributed by atoms with Crippen LogP contribution in [0.15, 0.2) is 47.4 Å². The van der Waals surface area contributed by atoms with Gasteiger partial charge in [-0.25, -0.2) is 9.97 Å². The Kier molecular flexibility index (Phi) is 3.37. The second kappa shape index (κ2) is 5.66. The highest BCUT2D eigenvalue weighted by molar-refractivity contribution is 7.13. The Morgan fingerprint density at radius 3 is 1.59 bits per heavy atom. The smallest absolute Gasteiger partial charge is 0.192 e. The van der Waals surface area contributed by atoms with Crippen molar-refractivity contribution >= 4 is 22.7 Å². The lowest BCUT2D eigenvalue weighted by Crippen LogP contribution is -1.98. The van der Waals surface area contributed by atoms with Crippen LogP contribution in [0.3, 0.4) is 0 Å². The lowest BCUT2D eigenvalue weighted by atomic mass is 10.3. The number of aromatic nitrogens is 6. The van der Waals surface area contributed by atoms with Crippen LogP contribution in [-0.4, -0.2) is 30.4 Å². The molecule has 0 bridgehead atoms. The van der Waals surface area contributed by atoms with E-state index in [0.29, 0.717) is 23.0 Å². The predicted octanol–water partition coefficient (Wildman–Crippen LogP) is 3.18. The Bertz CT molecular complexity index is 814. The molecule has 0 saturated carbocycles. The SMILES string of the molecule is c1csc(-c2nncc(-c3cnnc(-c4cccs4)n3)n2)c1. The summed E-state index contributed by atoms with van der Waals surface area (Å²) < 4.78 is 0. The first kappa shape index (κ1) is 13.1. The van der Waals surface area contributed by atoms with E-state index in [9.17, 15) is 0 Å². The van der Waals surface area contributed by atoms with E-state index >= 15 is 0 Å². The van der Waals surface area contributed by atoms with Crippen LogP contribution in [0.5, 0.6) is 0 Å². The molecule has 8 heteroatoms. The van der Waals surface area contributed by atoms with Crippen molar-refractivity contribution in [2.75, 3.05) is 0 Å². The molecule has 0 aliphatic heterocycles. The fraction of sp³-hybridized carbons (Fsp3) is 0. The molecule has 4 heterocycles. The lowest BCUT2D eigenvalue weighted by molar-refractivity contribution is 0.958. The maximum Gasteiger partial charge on any atom is 0.192 e. The average molecular weight is 324 g/mol. The minimum absolute atomic E-state index is 0.587. The van der Waals surface area contributed by atoms with Gasteiger partial charge in [-0.1, -0.05) is 12.1 Å². The zero-order valence-corrected chi connectivity index (χ0v) is 12.8. The molecular formula is C14H8N6S2. The highest BCUT2D eigenvalue weighted by atomic mass is 32.1. The average Bonchev–Trinajstić information content (AvgIpc) is 3.29. The quantitative estimate of drug-likeness (QED) is 0.576. The minimum Gasteiger partial charge on any atom is -0.222 e. The summed E-state index contributed by atoms with van der Waals surface area (Å²) in [6, 6.07) is 7.83. The predicted molar refractivity (Wildman–Crippen MR) is 85.3 cm³/mol. The van der Waals surface area contributed by atoms with E-state index in [1.165, 1.54) is 0 Å². The van der Waals surface area contributed by atoms with Gasteiger partial charge in [-0.05, 0) is 22.9 Å². The number of thiophene rings is 2. The first-order valence-corrected chi connectivity index (χ1v) is 8.14. The molecular weight excluding hydrogens is 316 g/mol. The monoisotopic (exact) mass is 324 g/mol. The van der Waals surface area contributed by atoms with E-state index in [1.54, 1.807) is 35.1 Å². The molecule has 0 spiro atoms. The third kappa shape index (κ3) is 2.49. The van der Waals surface area contributed by atoms with Crippen LogP contribution in [0, 0.1) is 0 Å². The van der Waals surface area contributed by atoms with Gasteiger partial charge in [-0.3, -0.25) is 0 Å². The summed E-state index contributed by atoms with van der Waals surface area (Å²) in [5, 5.41) is 20.1. The van der Waals surface area contributed by atoms with Gasteiger partial charge in [-0.2, -0.15) is 10.2 Å². The summed E-state index contributed by atoms with van der Waals surface area (Å²) >= 11 is 3.14. The second-order valence-corrected chi connectivity index (χ2v) is 6.18. The minimum atomic E-state index is 0.587. The number of nitrogens with zero attached hydrogens (tertiary/aromatic N) is 6. The zero-order valence-electron chi connectivity index (χ0n) is 11.1. The third-order valence-electron chi connectivity index (χ3n) is 2.86. The van der Waals surface area contributed by atoms with Crippen molar-refractivity contribution in [3.05, 3.63) is 47.4 Å². The van der Waals surface area contributed by atoms with E-state index in [-0.39, 0.29) is 0 Å². The summed E-state index contributed by atoms with van der Waals surface area (Å²) in [5.41, 5.74) is 1.26. The van der Waals surface area contributed by atoms with Gasteiger partial charge in [0.1, 0.15) is 11.4 Å². The van der Waals surface area contributed by atoms with Crippen LogP contribution in [-0.2, 0) is 0 Å². The van der Waals surface area contributed by atoms with Crippen LogP contribution in [0.2, 0.25) is 0 Å². The van der Waals surface area contributed by atoms with Gasteiger partial charge in [0.25, 0.3) is 0 Å². The standard InChI is InChI=1S/C14H8N6S2/c1-3-11(21-5-1)13-17-9(7-15-19-13)10-8-16-20-14(18-10)12-4-2-6-22-12/h1-8H. The summed E-state index contributed by atoms with van der Waals surface area (Å²) in [6.45, 7) is 0. The molecule has 4 aromatic heterocycles. The molecule has 22 heavy (non-hydrogen) atoms. The van der Waals surface area contributed by atoms with Crippen molar-refractivity contribution in [2.24, 2.45) is 0 Å². The Morgan fingerprint density at radius 2 is 1.18 bits per heavy atom. The van der Waals surface area contributed by atoms with Gasteiger partial charge >= 0.3 is 0 Å². The van der Waals surface area contributed by atoms with E-state index in [2.05, 4.69) is 30.4 Å². The van der Waals surface area contributed by atoms with Crippen LogP contribution in [0.1, 0.15) is 0 Å². The topological polar surface area (TPSA) is 77.3 Å². The molecule has 0 aromatic carbocycles. The van der Waals surface area contributed by atoms with Crippen LogP contribution >= 0.6 is 22.7 Å². The van der Waals surface area contributed by atoms with E-state index in [4.69, 9.17) is 0 Å². The number of hydrogen-bond acceptors (Lipinski definition) is 8. The van der Waals surface area contributed by atoms with Crippen molar-refractivity contribution in [1.29, 1.82) is 0 Å². The van der Waals surface area contributed by atoms with Gasteiger partial charge in [0.05, 0.1) is 22.1 Å². The molecule has 4 rings (SSSR count). The van der Waals surface area contributed by atoms with Crippen molar-refractivity contribution < 1.29 is 0 Å². The fourth-order valence-electron chi connectivity index (χ4n) is 1.87. The van der Waals surface area contributed by atoms with Crippen LogP contribution in [0.25, 0.3) is 32.8 Å². The molecule has 4 aromatic rings. The molecule has 0 N–H and O–H groups in total. The number of hydrogen-bond donors (Lipinski definition) is 0. The molecule has 6 nitrogen and oxygen atoms in total. The largest absolute Gasteiger partial charge is 0.222 e. The van der Waals surface area contributed by atoms with Gasteiger partial charge < -0.3 is 0 Å². The first-order valence-electron chi connectivity index (χ1n) is 6.38. The molecule has 0 aliphatic rings. The van der Waals surface area contributed by atoms with Gasteiger partial charge in [0.15, 0.2) is 11.6 Å². The van der Waals surface area contributed by atoms with Crippen molar-refractivity contribution in [3.8, 4) is 32.8 Å². The Hall–Kier alpha value is -2.58. The molecule has 0 atom stereocenters. The summed E-state index contributed by atoms with van der Waals surface area (Å²) in [6.07, 6.45) is 3.17. The first-order chi connectivity index (χ1) is 10.9. The highest BCUT2D eigenvalue weighted by Gasteiger charge is 2.10. The molecule has 106 valence electrons. The Morgan fingerprint density at radius 1 is 0.682 bits per heavy atom. The van der Waals surface area contributed by atoms with Crippen molar-refractivity contribution in [1.82, 2.24) is 30.4 Å². The van der Waals surface area contributed by atoms with E-state index < -0.39 is 0 Å². The normalized spacial score (nSPS) is 10.7. The van der Waals surface area contributed by atoms with Crippen molar-refractivity contribution in [2.45, 2.75) is 0 Å². The fourth-order valence-corrected chi connectivity index (χ4v) is 3.18. The van der Waals surface area contributed by atoms with Crippen LogP contribution < -0.4 is 0 Å². The zero-order chi connectivity index (χ0) is 14.8. The van der Waals surface area contributed by atoms with E-state index in [1.807, 2.05) is 35.0 Å². The molecule has 0 unspecified atom stereocenters. The maximum atomic E-state index is 4.52. The number of rotatable bonds is 3. The Balaban J connectivity index is 1.76. The van der Waals surface area contributed by atoms with Crippen LogP contribution in [0.4, 0.5) is 0 Å². The maximum absolute atomic E-state index is 4.52. The third-order valence-corrected chi connectivity index (χ3v) is 4.59. The molecule has 0 fully saturated rings. The highest BCUT2D eigenvalue weighted by Crippen LogP contribution is 2.24. The second-order valence-electron chi connectivity index (χ2n) is 4.29. The summed E-state index contributed by atoms with van der Waals surface area (Å²) in [5.74, 6) is 1.17. The molecule has 0 amide bonds. The van der Waals surface area contributed by atoms with Gasteiger partial charge in [0, 0.05) is 0 Å². The molecule has 0 radical (unpaired) electrons. The van der Waals surface area contributed by atoms with Gasteiger partial charge in [0.2, 0.25) is 0 Å². The van der Waals surface area contributed by atoms with Crippen molar-refractivity contribution in [3.63, 3.8) is 0 Å². The van der Waals surface area contributed by atoms with E-state index in [0.717, 1.165) is 9.75 Å². The lowest BCUT2D eigenvalue weighted by Gasteiger charge is -2.02. The summed E-state index contributed by atoms with van der Waals surface area (Å²) in [7, 11) is 0.